The fourth-order valence-corrected chi connectivity index (χ4v) is 3.35. The number of amides is 3. The van der Waals surface area contributed by atoms with Crippen LogP contribution in [0.15, 0.2) is 53.4 Å². The van der Waals surface area contributed by atoms with Gasteiger partial charge in [-0.3, -0.25) is 14.4 Å². The summed E-state index contributed by atoms with van der Waals surface area (Å²) in [6.07, 6.45) is -0.0141. The van der Waals surface area contributed by atoms with Crippen LogP contribution in [0.1, 0.15) is 13.3 Å². The normalized spacial score (nSPS) is 16.6. The van der Waals surface area contributed by atoms with E-state index in [-0.39, 0.29) is 18.2 Å². The van der Waals surface area contributed by atoms with Gasteiger partial charge in [0.05, 0.1) is 12.1 Å². The second kappa shape index (κ2) is 8.39. The van der Waals surface area contributed by atoms with Crippen molar-refractivity contribution in [3.63, 3.8) is 0 Å². The number of halogens is 2. The Bertz CT molecular complexity index is 888. The summed E-state index contributed by atoms with van der Waals surface area (Å²) in [5, 5.41) is 5.65. The van der Waals surface area contributed by atoms with E-state index in [4.69, 9.17) is 0 Å². The van der Waals surface area contributed by atoms with Crippen molar-refractivity contribution in [1.82, 2.24) is 0 Å². The van der Waals surface area contributed by atoms with Crippen molar-refractivity contribution in [2.75, 3.05) is 15.5 Å². The first-order valence-corrected chi connectivity index (χ1v) is 9.27. The van der Waals surface area contributed by atoms with Crippen molar-refractivity contribution in [3.05, 3.63) is 48.5 Å². The summed E-state index contributed by atoms with van der Waals surface area (Å²) < 4.78 is 24.8. The third-order valence-corrected chi connectivity index (χ3v) is 4.74. The smallest absolute Gasteiger partial charge is 0.288 e. The molecule has 2 aromatic carbocycles. The molecule has 146 valence electrons. The zero-order valence-electron chi connectivity index (χ0n) is 14.8. The van der Waals surface area contributed by atoms with Crippen molar-refractivity contribution in [2.45, 2.75) is 30.0 Å². The first kappa shape index (κ1) is 19.8. The van der Waals surface area contributed by atoms with Gasteiger partial charge in [0.15, 0.2) is 0 Å². The van der Waals surface area contributed by atoms with Gasteiger partial charge in [-0.2, -0.15) is 8.78 Å². The van der Waals surface area contributed by atoms with E-state index in [1.165, 1.54) is 31.2 Å². The molecule has 1 saturated heterocycles. The lowest BCUT2D eigenvalue weighted by Gasteiger charge is -2.16. The van der Waals surface area contributed by atoms with E-state index < -0.39 is 17.7 Å². The maximum Gasteiger partial charge on any atom is 0.288 e. The Morgan fingerprint density at radius 2 is 1.68 bits per heavy atom. The highest BCUT2D eigenvalue weighted by molar-refractivity contribution is 7.99. The molecule has 1 heterocycles. The van der Waals surface area contributed by atoms with Crippen LogP contribution in [-0.2, 0) is 14.4 Å². The first-order valence-electron chi connectivity index (χ1n) is 8.39. The predicted molar refractivity (Wildman–Crippen MR) is 104 cm³/mol. The molecule has 1 atom stereocenters. The number of benzene rings is 2. The molecule has 0 bridgehead atoms. The molecule has 6 nitrogen and oxygen atoms in total. The molecule has 1 aliphatic heterocycles. The molecular weight excluding hydrogens is 388 g/mol. The van der Waals surface area contributed by atoms with Gasteiger partial charge in [-0.05, 0) is 48.5 Å². The summed E-state index contributed by atoms with van der Waals surface area (Å²) in [6, 6.07) is 11.9. The van der Waals surface area contributed by atoms with E-state index in [0.29, 0.717) is 33.7 Å². The average Bonchev–Trinajstić information content (AvgIpc) is 2.90. The molecule has 9 heteroatoms. The number of carbonyl (C=O) groups excluding carboxylic acids is 3. The highest BCUT2D eigenvalue weighted by atomic mass is 32.2. The highest BCUT2D eigenvalue weighted by Crippen LogP contribution is 2.30. The predicted octanol–water partition coefficient (Wildman–Crippen LogP) is 3.70. The van der Waals surface area contributed by atoms with Gasteiger partial charge in [-0.25, -0.2) is 4.90 Å². The average molecular weight is 405 g/mol. The molecule has 2 aromatic rings. The van der Waals surface area contributed by atoms with Crippen molar-refractivity contribution in [1.29, 1.82) is 0 Å². The molecule has 1 fully saturated rings. The summed E-state index contributed by atoms with van der Waals surface area (Å²) in [6.45, 7) is 1.41. The summed E-state index contributed by atoms with van der Waals surface area (Å²) in [4.78, 5) is 37.4. The standard InChI is InChI=1S/C19H17F2N3O3S/c1-11(25)22-12-2-4-13(5-3-12)23-16-10-17(26)24(18(16)27)14-6-8-15(9-7-14)28-19(20)21/h2-9,16,19,23H,10H2,1H3,(H,22,25)/t16-/m1/s1. The van der Waals surface area contributed by atoms with E-state index in [2.05, 4.69) is 10.6 Å². The molecule has 0 unspecified atom stereocenters. The fraction of sp³-hybridized carbons (Fsp3) is 0.211. The first-order chi connectivity index (χ1) is 13.3. The topological polar surface area (TPSA) is 78.5 Å². The Kier molecular flexibility index (Phi) is 5.93. The number of hydrogen-bond acceptors (Lipinski definition) is 5. The van der Waals surface area contributed by atoms with Gasteiger partial charge < -0.3 is 10.6 Å². The Labute approximate surface area is 164 Å². The lowest BCUT2D eigenvalue weighted by atomic mass is 10.2. The minimum absolute atomic E-state index is 0.0141. The van der Waals surface area contributed by atoms with E-state index >= 15 is 0 Å². The maximum atomic E-state index is 12.7. The second-order valence-corrected chi connectivity index (χ2v) is 7.16. The maximum absolute atomic E-state index is 12.7. The third-order valence-electron chi connectivity index (χ3n) is 4.01. The number of nitrogens with zero attached hydrogens (tertiary/aromatic N) is 1. The molecule has 0 aliphatic carbocycles. The molecule has 0 saturated carbocycles. The van der Waals surface area contributed by atoms with Gasteiger partial charge in [0.2, 0.25) is 11.8 Å². The number of alkyl halides is 2. The summed E-state index contributed by atoms with van der Waals surface area (Å²) in [7, 11) is 0. The van der Waals surface area contributed by atoms with Crippen molar-refractivity contribution in [3.8, 4) is 0 Å². The summed E-state index contributed by atoms with van der Waals surface area (Å²) >= 11 is 0.398. The van der Waals surface area contributed by atoms with E-state index in [1.807, 2.05) is 0 Å². The van der Waals surface area contributed by atoms with Crippen LogP contribution in [0.2, 0.25) is 0 Å². The van der Waals surface area contributed by atoms with Crippen LogP contribution in [0.3, 0.4) is 0 Å². The zero-order chi connectivity index (χ0) is 20.3. The molecule has 0 radical (unpaired) electrons. The highest BCUT2D eigenvalue weighted by Gasteiger charge is 2.39. The fourth-order valence-electron chi connectivity index (χ4n) is 2.85. The Morgan fingerprint density at radius 1 is 1.07 bits per heavy atom. The lowest BCUT2D eigenvalue weighted by Crippen LogP contribution is -2.34. The van der Waals surface area contributed by atoms with Crippen LogP contribution >= 0.6 is 11.8 Å². The monoisotopic (exact) mass is 405 g/mol. The Balaban J connectivity index is 1.68. The van der Waals surface area contributed by atoms with E-state index in [1.54, 1.807) is 24.3 Å². The number of thioether (sulfide) groups is 1. The van der Waals surface area contributed by atoms with Gasteiger partial charge in [-0.15, -0.1) is 0 Å². The van der Waals surface area contributed by atoms with Crippen molar-refractivity contribution >= 4 is 46.5 Å². The Morgan fingerprint density at radius 3 is 2.25 bits per heavy atom. The summed E-state index contributed by atoms with van der Waals surface area (Å²) in [5.41, 5.74) is 1.60. The number of anilines is 3. The van der Waals surface area contributed by atoms with Gasteiger partial charge in [0.25, 0.3) is 11.7 Å². The van der Waals surface area contributed by atoms with Gasteiger partial charge in [-0.1, -0.05) is 11.8 Å². The minimum Gasteiger partial charge on any atom is -0.373 e. The quantitative estimate of drug-likeness (QED) is 0.566. The number of imide groups is 1. The number of rotatable bonds is 6. The van der Waals surface area contributed by atoms with Crippen LogP contribution < -0.4 is 15.5 Å². The van der Waals surface area contributed by atoms with Crippen LogP contribution in [0, 0.1) is 0 Å². The van der Waals surface area contributed by atoms with Crippen LogP contribution in [0.25, 0.3) is 0 Å². The molecule has 3 amide bonds. The molecule has 2 N–H and O–H groups in total. The zero-order valence-corrected chi connectivity index (χ0v) is 15.6. The number of carbonyl (C=O) groups is 3. The second-order valence-electron chi connectivity index (χ2n) is 6.10. The van der Waals surface area contributed by atoms with E-state index in [0.717, 1.165) is 4.90 Å². The largest absolute Gasteiger partial charge is 0.373 e. The van der Waals surface area contributed by atoms with Crippen molar-refractivity contribution in [2.24, 2.45) is 0 Å². The third kappa shape index (κ3) is 4.66. The molecule has 28 heavy (non-hydrogen) atoms. The minimum atomic E-state index is -2.54. The number of nitrogens with one attached hydrogen (secondary N) is 2. The summed E-state index contributed by atoms with van der Waals surface area (Å²) in [5.74, 6) is -3.51. The van der Waals surface area contributed by atoms with Crippen LogP contribution in [0.5, 0.6) is 0 Å². The molecule has 1 aliphatic rings. The van der Waals surface area contributed by atoms with Crippen LogP contribution in [0.4, 0.5) is 25.8 Å². The van der Waals surface area contributed by atoms with Gasteiger partial charge in [0.1, 0.15) is 6.04 Å². The SMILES string of the molecule is CC(=O)Nc1ccc(N[C@@H]2CC(=O)N(c3ccc(SC(F)F)cc3)C2=O)cc1. The Hall–Kier alpha value is -2.94. The van der Waals surface area contributed by atoms with E-state index in [9.17, 15) is 23.2 Å². The molecule has 3 rings (SSSR count). The van der Waals surface area contributed by atoms with Gasteiger partial charge in [0, 0.05) is 23.2 Å². The number of hydrogen-bond donors (Lipinski definition) is 2. The van der Waals surface area contributed by atoms with Crippen LogP contribution in [-0.4, -0.2) is 29.5 Å². The molecule has 0 aromatic heterocycles. The molecule has 0 spiro atoms. The van der Waals surface area contributed by atoms with Gasteiger partial charge >= 0.3 is 0 Å². The lowest BCUT2D eigenvalue weighted by molar-refractivity contribution is -0.121. The molecular formula is C19H17F2N3O3S. The van der Waals surface area contributed by atoms with Crippen molar-refractivity contribution < 1.29 is 23.2 Å².